The Bertz CT molecular complexity index is 690. The Kier molecular flexibility index (Phi) is 4.28. The largest absolute Gasteiger partial charge is 0.486 e. The molecule has 3 rings (SSSR count). The maximum absolute atomic E-state index is 6.43. The molecule has 5 heteroatoms. The average Bonchev–Trinajstić information content (AvgIpc) is 2.48. The highest BCUT2D eigenvalue weighted by Gasteiger charge is 2.21. The van der Waals surface area contributed by atoms with E-state index >= 15 is 0 Å². The van der Waals surface area contributed by atoms with Crippen LogP contribution < -0.4 is 15.2 Å². The highest BCUT2D eigenvalue weighted by atomic mass is 127. The van der Waals surface area contributed by atoms with Crippen LogP contribution in [0.2, 0.25) is 5.02 Å². The van der Waals surface area contributed by atoms with Gasteiger partial charge in [-0.1, -0.05) is 29.8 Å². The van der Waals surface area contributed by atoms with Gasteiger partial charge in [-0.2, -0.15) is 0 Å². The fraction of sp³-hybridized carbons (Fsp3) is 0.250. The molecule has 21 heavy (non-hydrogen) atoms. The lowest BCUT2D eigenvalue weighted by molar-refractivity contribution is 0.171. The molecule has 0 fully saturated rings. The van der Waals surface area contributed by atoms with Crippen molar-refractivity contribution < 1.29 is 9.47 Å². The molecule has 0 saturated carbocycles. The molecule has 3 nitrogen and oxygen atoms in total. The number of aryl methyl sites for hydroxylation is 1. The van der Waals surface area contributed by atoms with Crippen molar-refractivity contribution in [2.24, 2.45) is 5.73 Å². The number of benzene rings is 2. The van der Waals surface area contributed by atoms with E-state index in [4.69, 9.17) is 26.8 Å². The molecular weight excluding hydrogens is 401 g/mol. The van der Waals surface area contributed by atoms with Crippen LogP contribution in [-0.4, -0.2) is 13.2 Å². The van der Waals surface area contributed by atoms with Crippen LogP contribution in [0.1, 0.15) is 22.7 Å². The Morgan fingerprint density at radius 1 is 1.14 bits per heavy atom. The summed E-state index contributed by atoms with van der Waals surface area (Å²) in [6, 6.07) is 9.50. The molecule has 0 amide bonds. The van der Waals surface area contributed by atoms with E-state index in [1.807, 2.05) is 18.2 Å². The molecule has 2 N–H and O–H groups in total. The highest BCUT2D eigenvalue weighted by Crippen LogP contribution is 2.39. The molecule has 0 aromatic heterocycles. The molecule has 0 bridgehead atoms. The molecule has 2 aromatic rings. The second-order valence-corrected chi connectivity index (χ2v) is 6.46. The summed E-state index contributed by atoms with van der Waals surface area (Å²) in [7, 11) is 0. The summed E-state index contributed by atoms with van der Waals surface area (Å²) in [6.07, 6.45) is 0. The number of nitrogens with two attached hydrogens (primary N) is 1. The predicted octanol–water partition coefficient (Wildman–Crippen LogP) is 4.07. The molecule has 1 heterocycles. The van der Waals surface area contributed by atoms with Crippen molar-refractivity contribution in [3.63, 3.8) is 0 Å². The van der Waals surface area contributed by atoms with Crippen LogP contribution in [0.4, 0.5) is 0 Å². The van der Waals surface area contributed by atoms with E-state index in [0.29, 0.717) is 29.7 Å². The first-order chi connectivity index (χ1) is 10.1. The Morgan fingerprint density at radius 2 is 1.81 bits per heavy atom. The zero-order valence-corrected chi connectivity index (χ0v) is 14.4. The molecule has 1 unspecified atom stereocenters. The third-order valence-corrected chi connectivity index (χ3v) is 5.35. The van der Waals surface area contributed by atoms with Crippen molar-refractivity contribution in [2.75, 3.05) is 13.2 Å². The standard InChI is InChI=1S/C16H15ClINO2/c1-9-3-2-4-10(15(9)18)16(19)11-7-13-14(8-12(11)17)21-6-5-20-13/h2-4,7-8,16H,5-6,19H2,1H3. The van der Waals surface area contributed by atoms with Gasteiger partial charge >= 0.3 is 0 Å². The number of halogens is 2. The first-order valence-electron chi connectivity index (χ1n) is 6.67. The van der Waals surface area contributed by atoms with E-state index in [2.05, 4.69) is 35.6 Å². The molecule has 0 radical (unpaired) electrons. The van der Waals surface area contributed by atoms with E-state index in [0.717, 1.165) is 14.7 Å². The predicted molar refractivity (Wildman–Crippen MR) is 92.4 cm³/mol. The lowest BCUT2D eigenvalue weighted by Gasteiger charge is -2.22. The molecule has 110 valence electrons. The van der Waals surface area contributed by atoms with Crippen LogP contribution in [0.15, 0.2) is 30.3 Å². The molecule has 0 saturated heterocycles. The Labute approximate surface area is 142 Å². The number of hydrogen-bond donors (Lipinski definition) is 1. The van der Waals surface area contributed by atoms with Gasteiger partial charge in [0, 0.05) is 14.7 Å². The minimum Gasteiger partial charge on any atom is -0.486 e. The lowest BCUT2D eigenvalue weighted by atomic mass is 9.97. The minimum absolute atomic E-state index is 0.292. The summed E-state index contributed by atoms with van der Waals surface area (Å²) in [5, 5.41) is 0.601. The Morgan fingerprint density at radius 3 is 2.52 bits per heavy atom. The lowest BCUT2D eigenvalue weighted by Crippen LogP contribution is -2.18. The molecule has 0 spiro atoms. The maximum Gasteiger partial charge on any atom is 0.162 e. The summed E-state index contributed by atoms with van der Waals surface area (Å²) < 4.78 is 12.3. The fourth-order valence-electron chi connectivity index (χ4n) is 2.40. The van der Waals surface area contributed by atoms with Crippen LogP contribution in [-0.2, 0) is 0 Å². The Hall–Kier alpha value is -0.980. The van der Waals surface area contributed by atoms with Crippen molar-refractivity contribution in [1.82, 2.24) is 0 Å². The van der Waals surface area contributed by atoms with Crippen LogP contribution >= 0.6 is 34.2 Å². The number of rotatable bonds is 2. The van der Waals surface area contributed by atoms with E-state index in [1.54, 1.807) is 6.07 Å². The van der Waals surface area contributed by atoms with E-state index in [-0.39, 0.29) is 6.04 Å². The summed E-state index contributed by atoms with van der Waals surface area (Å²) in [5.74, 6) is 1.39. The summed E-state index contributed by atoms with van der Waals surface area (Å²) in [4.78, 5) is 0. The van der Waals surface area contributed by atoms with Gasteiger partial charge in [-0.3, -0.25) is 0 Å². The van der Waals surface area contributed by atoms with E-state index in [1.165, 1.54) is 5.56 Å². The van der Waals surface area contributed by atoms with Crippen LogP contribution in [0.25, 0.3) is 0 Å². The average molecular weight is 416 g/mol. The molecule has 1 aliphatic heterocycles. The van der Waals surface area contributed by atoms with Gasteiger partial charge in [0.1, 0.15) is 13.2 Å². The zero-order valence-electron chi connectivity index (χ0n) is 11.5. The molecule has 0 aliphatic carbocycles. The third kappa shape index (κ3) is 2.84. The van der Waals surface area contributed by atoms with Crippen molar-refractivity contribution in [3.8, 4) is 11.5 Å². The summed E-state index contributed by atoms with van der Waals surface area (Å²) in [5.41, 5.74) is 9.56. The van der Waals surface area contributed by atoms with Gasteiger partial charge < -0.3 is 15.2 Å². The molecular formula is C16H15ClINO2. The van der Waals surface area contributed by atoms with Gasteiger partial charge in [0.15, 0.2) is 11.5 Å². The monoisotopic (exact) mass is 415 g/mol. The van der Waals surface area contributed by atoms with Crippen molar-refractivity contribution in [2.45, 2.75) is 13.0 Å². The number of hydrogen-bond acceptors (Lipinski definition) is 3. The van der Waals surface area contributed by atoms with Gasteiger partial charge in [0.25, 0.3) is 0 Å². The van der Waals surface area contributed by atoms with E-state index < -0.39 is 0 Å². The maximum atomic E-state index is 6.43. The minimum atomic E-state index is -0.292. The molecule has 2 aromatic carbocycles. The number of fused-ring (bicyclic) bond motifs is 1. The van der Waals surface area contributed by atoms with E-state index in [9.17, 15) is 0 Å². The molecule has 1 aliphatic rings. The first kappa shape index (κ1) is 14.9. The summed E-state index contributed by atoms with van der Waals surface area (Å²) in [6.45, 7) is 3.17. The quantitative estimate of drug-likeness (QED) is 0.752. The zero-order chi connectivity index (χ0) is 15.0. The topological polar surface area (TPSA) is 44.5 Å². The van der Waals surface area contributed by atoms with Crippen LogP contribution in [0, 0.1) is 10.5 Å². The van der Waals surface area contributed by atoms with Crippen LogP contribution in [0.3, 0.4) is 0 Å². The second kappa shape index (κ2) is 6.02. The van der Waals surface area contributed by atoms with Gasteiger partial charge in [0.05, 0.1) is 6.04 Å². The highest BCUT2D eigenvalue weighted by molar-refractivity contribution is 14.1. The second-order valence-electron chi connectivity index (χ2n) is 4.97. The van der Waals surface area contributed by atoms with Crippen molar-refractivity contribution in [3.05, 3.63) is 55.6 Å². The normalized spacial score (nSPS) is 14.9. The Balaban J connectivity index is 2.05. The van der Waals surface area contributed by atoms with Gasteiger partial charge in [-0.15, -0.1) is 0 Å². The third-order valence-electron chi connectivity index (χ3n) is 3.55. The van der Waals surface area contributed by atoms with Gasteiger partial charge in [-0.05, 0) is 52.3 Å². The van der Waals surface area contributed by atoms with Crippen molar-refractivity contribution in [1.29, 1.82) is 0 Å². The van der Waals surface area contributed by atoms with Crippen molar-refractivity contribution >= 4 is 34.2 Å². The molecule has 1 atom stereocenters. The SMILES string of the molecule is Cc1cccc(C(N)c2cc3c(cc2Cl)OCCO3)c1I. The summed E-state index contributed by atoms with van der Waals surface area (Å²) >= 11 is 8.70. The number of ether oxygens (including phenoxy) is 2. The smallest absolute Gasteiger partial charge is 0.162 e. The van der Waals surface area contributed by atoms with Gasteiger partial charge in [0.2, 0.25) is 0 Å². The fourth-order valence-corrected chi connectivity index (χ4v) is 3.36. The van der Waals surface area contributed by atoms with Gasteiger partial charge in [-0.25, -0.2) is 0 Å². The van der Waals surface area contributed by atoms with Crippen LogP contribution in [0.5, 0.6) is 11.5 Å². The first-order valence-corrected chi connectivity index (χ1v) is 8.13.